The molecule has 0 bridgehead atoms. The second-order valence-corrected chi connectivity index (χ2v) is 8.45. The highest BCUT2D eigenvalue weighted by molar-refractivity contribution is 6.51. The van der Waals surface area contributed by atoms with Gasteiger partial charge in [0.25, 0.3) is 11.7 Å². The van der Waals surface area contributed by atoms with E-state index < -0.39 is 35.2 Å². The average Bonchev–Trinajstić information content (AvgIpc) is 3.10. The number of alkyl halides is 3. The molecular weight excluding hydrogens is 475 g/mol. The zero-order valence-corrected chi connectivity index (χ0v) is 19.6. The zero-order valence-electron chi connectivity index (χ0n) is 19.6. The number of ketones is 1. The van der Waals surface area contributed by atoms with Gasteiger partial charge in [-0.05, 0) is 73.0 Å². The summed E-state index contributed by atoms with van der Waals surface area (Å²) in [6, 6.07) is 11.6. The van der Waals surface area contributed by atoms with Gasteiger partial charge in [-0.2, -0.15) is 13.2 Å². The molecule has 0 aliphatic carbocycles. The van der Waals surface area contributed by atoms with Crippen LogP contribution in [0.3, 0.4) is 0 Å². The van der Waals surface area contributed by atoms with E-state index >= 15 is 0 Å². The third kappa shape index (κ3) is 4.28. The monoisotopic (exact) mass is 497 g/mol. The van der Waals surface area contributed by atoms with Crippen molar-refractivity contribution in [2.45, 2.75) is 26.1 Å². The van der Waals surface area contributed by atoms with Gasteiger partial charge in [0.05, 0.1) is 24.3 Å². The Bertz CT molecular complexity index is 1410. The van der Waals surface area contributed by atoms with Crippen molar-refractivity contribution in [2.75, 3.05) is 12.0 Å². The molecule has 1 heterocycles. The number of anilines is 1. The molecule has 3 aromatic carbocycles. The minimum atomic E-state index is -4.68. The number of halogens is 3. The van der Waals surface area contributed by atoms with Crippen LogP contribution in [0.5, 0.6) is 11.5 Å². The van der Waals surface area contributed by atoms with Crippen molar-refractivity contribution in [2.24, 2.45) is 0 Å². The van der Waals surface area contributed by atoms with Gasteiger partial charge < -0.3 is 14.9 Å². The molecular formula is C27H22F3NO5. The van der Waals surface area contributed by atoms with Crippen LogP contribution in [0.15, 0.2) is 66.2 Å². The van der Waals surface area contributed by atoms with E-state index in [1.54, 1.807) is 26.0 Å². The topological polar surface area (TPSA) is 87.1 Å². The Morgan fingerprint density at radius 1 is 0.972 bits per heavy atom. The molecule has 3 aromatic rings. The van der Waals surface area contributed by atoms with Crippen molar-refractivity contribution < 1.29 is 37.7 Å². The predicted molar refractivity (Wildman–Crippen MR) is 127 cm³/mol. The molecule has 1 atom stereocenters. The molecule has 6 nitrogen and oxygen atoms in total. The first-order valence-corrected chi connectivity index (χ1v) is 10.9. The van der Waals surface area contributed by atoms with E-state index in [0.717, 1.165) is 23.1 Å². The molecule has 2 N–H and O–H groups in total. The van der Waals surface area contributed by atoms with Crippen LogP contribution in [0.25, 0.3) is 5.76 Å². The number of aliphatic hydroxyl groups is 1. The second kappa shape index (κ2) is 9.07. The molecule has 1 amide bonds. The smallest absolute Gasteiger partial charge is 0.416 e. The molecule has 0 radical (unpaired) electrons. The number of aromatic hydroxyl groups is 1. The van der Waals surface area contributed by atoms with Crippen LogP contribution >= 0.6 is 0 Å². The number of hydrogen-bond acceptors (Lipinski definition) is 5. The number of benzene rings is 3. The van der Waals surface area contributed by atoms with Crippen LogP contribution < -0.4 is 9.64 Å². The molecule has 0 saturated carbocycles. The summed E-state index contributed by atoms with van der Waals surface area (Å²) in [6.07, 6.45) is -4.68. The average molecular weight is 497 g/mol. The van der Waals surface area contributed by atoms with Crippen LogP contribution in [-0.2, 0) is 15.8 Å². The molecule has 186 valence electrons. The number of carbonyl (C=O) groups is 2. The van der Waals surface area contributed by atoms with Gasteiger partial charge in [0.1, 0.15) is 17.3 Å². The van der Waals surface area contributed by atoms with Gasteiger partial charge in [0.15, 0.2) is 0 Å². The van der Waals surface area contributed by atoms with Gasteiger partial charge in [-0.25, -0.2) is 0 Å². The molecule has 1 unspecified atom stereocenters. The highest BCUT2D eigenvalue weighted by Crippen LogP contribution is 2.44. The van der Waals surface area contributed by atoms with Gasteiger partial charge >= 0.3 is 6.18 Å². The third-order valence-corrected chi connectivity index (χ3v) is 6.08. The summed E-state index contributed by atoms with van der Waals surface area (Å²) in [6.45, 7) is 3.42. The number of rotatable bonds is 4. The Labute approximate surface area is 204 Å². The Morgan fingerprint density at radius 3 is 2.31 bits per heavy atom. The number of aryl methyl sites for hydroxylation is 2. The van der Waals surface area contributed by atoms with Gasteiger partial charge in [0.2, 0.25) is 0 Å². The number of aliphatic hydroxyl groups excluding tert-OH is 1. The second-order valence-electron chi connectivity index (χ2n) is 8.45. The Hall–Kier alpha value is -4.27. The largest absolute Gasteiger partial charge is 0.508 e. The lowest BCUT2D eigenvalue weighted by Crippen LogP contribution is -2.29. The fraction of sp³-hybridized carbons (Fsp3) is 0.185. The van der Waals surface area contributed by atoms with Crippen molar-refractivity contribution >= 4 is 23.1 Å². The predicted octanol–water partition coefficient (Wildman–Crippen LogP) is 5.66. The molecule has 9 heteroatoms. The summed E-state index contributed by atoms with van der Waals surface area (Å²) in [5, 5.41) is 21.4. The first kappa shape index (κ1) is 24.8. The maximum atomic E-state index is 13.4. The van der Waals surface area contributed by atoms with E-state index in [0.29, 0.717) is 16.9 Å². The van der Waals surface area contributed by atoms with Crippen molar-refractivity contribution in [1.29, 1.82) is 0 Å². The Kier molecular flexibility index (Phi) is 6.26. The number of nitrogens with zero attached hydrogens (tertiary/aromatic N) is 1. The molecule has 1 fully saturated rings. The number of phenols is 1. The SMILES string of the molecule is COc1cc(C)c(/C(O)=C2\C(=O)C(=O)N(c3cccc(C(F)(F)F)c3)C2c2cccc(O)c2)cc1C. The van der Waals surface area contributed by atoms with Crippen LogP contribution in [0.4, 0.5) is 18.9 Å². The highest BCUT2D eigenvalue weighted by Gasteiger charge is 2.47. The Morgan fingerprint density at radius 2 is 1.67 bits per heavy atom. The van der Waals surface area contributed by atoms with E-state index in [1.807, 2.05) is 0 Å². The van der Waals surface area contributed by atoms with Crippen molar-refractivity contribution in [3.8, 4) is 11.5 Å². The van der Waals surface area contributed by atoms with E-state index in [2.05, 4.69) is 0 Å². The summed E-state index contributed by atoms with van der Waals surface area (Å²) in [4.78, 5) is 27.4. The lowest BCUT2D eigenvalue weighted by atomic mass is 9.93. The summed E-state index contributed by atoms with van der Waals surface area (Å²) >= 11 is 0. The number of hydrogen-bond donors (Lipinski definition) is 2. The molecule has 1 aliphatic rings. The summed E-state index contributed by atoms with van der Waals surface area (Å²) in [7, 11) is 1.49. The fourth-order valence-electron chi connectivity index (χ4n) is 4.35. The molecule has 1 saturated heterocycles. The highest BCUT2D eigenvalue weighted by atomic mass is 19.4. The molecule has 1 aliphatic heterocycles. The number of ether oxygens (including phenoxy) is 1. The quantitative estimate of drug-likeness (QED) is 0.276. The van der Waals surface area contributed by atoms with E-state index in [4.69, 9.17) is 4.74 Å². The van der Waals surface area contributed by atoms with Gasteiger partial charge in [-0.3, -0.25) is 14.5 Å². The lowest BCUT2D eigenvalue weighted by Gasteiger charge is -2.26. The molecule has 0 spiro atoms. The summed E-state index contributed by atoms with van der Waals surface area (Å²) in [5.74, 6) is -2.28. The van der Waals surface area contributed by atoms with Crippen molar-refractivity contribution in [3.63, 3.8) is 0 Å². The third-order valence-electron chi connectivity index (χ3n) is 6.08. The number of Topliss-reactive ketones (excluding diaryl/α,β-unsaturated/α-hetero) is 1. The number of methoxy groups -OCH3 is 1. The first-order chi connectivity index (χ1) is 16.9. The molecule has 36 heavy (non-hydrogen) atoms. The van der Waals surface area contributed by atoms with Crippen LogP contribution in [0.2, 0.25) is 0 Å². The standard InChI is InChI=1S/C27H22F3NO5/c1-14-11-21(36-3)15(2)10-20(14)24(33)22-23(16-6-4-9-19(32)12-16)31(26(35)25(22)34)18-8-5-7-17(13-18)27(28,29)30/h4-13,23,32-33H,1-3H3/b24-22+. The number of amides is 1. The number of carbonyl (C=O) groups excluding carboxylic acids is 2. The van der Waals surface area contributed by atoms with Gasteiger partial charge in [-0.15, -0.1) is 0 Å². The lowest BCUT2D eigenvalue weighted by molar-refractivity contribution is -0.137. The van der Waals surface area contributed by atoms with E-state index in [9.17, 15) is 33.0 Å². The molecule has 4 rings (SSSR count). The van der Waals surface area contributed by atoms with E-state index in [1.165, 1.54) is 37.4 Å². The van der Waals surface area contributed by atoms with Gasteiger partial charge in [0, 0.05) is 11.3 Å². The maximum absolute atomic E-state index is 13.4. The van der Waals surface area contributed by atoms with Crippen LogP contribution in [0.1, 0.15) is 33.9 Å². The Balaban J connectivity index is 1.98. The van der Waals surface area contributed by atoms with Crippen LogP contribution in [0, 0.1) is 13.8 Å². The van der Waals surface area contributed by atoms with Crippen molar-refractivity contribution in [1.82, 2.24) is 0 Å². The van der Waals surface area contributed by atoms with Crippen LogP contribution in [-0.4, -0.2) is 29.0 Å². The minimum absolute atomic E-state index is 0.179. The fourth-order valence-corrected chi connectivity index (χ4v) is 4.35. The number of phenolic OH excluding ortho intramolecular Hbond substituents is 1. The van der Waals surface area contributed by atoms with Gasteiger partial charge in [-0.1, -0.05) is 18.2 Å². The normalized spacial score (nSPS) is 17.5. The van der Waals surface area contributed by atoms with Crippen molar-refractivity contribution in [3.05, 3.63) is 94.1 Å². The van der Waals surface area contributed by atoms with E-state index in [-0.39, 0.29) is 28.1 Å². The zero-order chi connectivity index (χ0) is 26.4. The minimum Gasteiger partial charge on any atom is -0.508 e. The molecule has 0 aromatic heterocycles. The summed E-state index contributed by atoms with van der Waals surface area (Å²) < 4.78 is 45.5. The maximum Gasteiger partial charge on any atom is 0.416 e. The first-order valence-electron chi connectivity index (χ1n) is 10.9. The summed E-state index contributed by atoms with van der Waals surface area (Å²) in [5.41, 5.74) is 0.216.